The van der Waals surface area contributed by atoms with E-state index in [0.717, 1.165) is 42.4 Å². The number of fused-ring (bicyclic) bond motifs is 1. The van der Waals surface area contributed by atoms with E-state index in [2.05, 4.69) is 15.2 Å². The third kappa shape index (κ3) is 3.98. The maximum Gasteiger partial charge on any atom is 0.417 e. The lowest BCUT2D eigenvalue weighted by molar-refractivity contribution is -0.136. The number of alkyl halides is 3. The average molecular weight is 448 g/mol. The molecule has 10 heteroatoms. The number of nitrogens with zero attached hydrogens (tertiary/aromatic N) is 6. The minimum atomic E-state index is -4.52. The summed E-state index contributed by atoms with van der Waals surface area (Å²) in [6, 6.07) is 1.14. The highest BCUT2D eigenvalue weighted by atomic mass is 19.4. The van der Waals surface area contributed by atoms with Gasteiger partial charge in [-0.2, -0.15) is 23.4 Å². The maximum absolute atomic E-state index is 13.8. The van der Waals surface area contributed by atoms with E-state index in [1.54, 1.807) is 11.9 Å². The molecule has 3 aromatic rings. The first-order chi connectivity index (χ1) is 15.0. The fraction of sp³-hybridized carbons (Fsp3) is 0.545. The molecule has 7 nitrogen and oxygen atoms in total. The molecule has 0 N–H and O–H groups in total. The molecule has 0 atom stereocenters. The smallest absolute Gasteiger partial charge is 0.340 e. The van der Waals surface area contributed by atoms with Gasteiger partial charge in [-0.05, 0) is 46.6 Å². The fourth-order valence-electron chi connectivity index (χ4n) is 4.14. The summed E-state index contributed by atoms with van der Waals surface area (Å²) < 4.78 is 44.5. The molecule has 4 rings (SSSR count). The van der Waals surface area contributed by atoms with Gasteiger partial charge in [-0.1, -0.05) is 0 Å². The Hall–Kier alpha value is -2.91. The van der Waals surface area contributed by atoms with Gasteiger partial charge in [-0.3, -0.25) is 9.48 Å². The molecule has 1 amide bonds. The first kappa shape index (κ1) is 22.3. The first-order valence-corrected chi connectivity index (χ1v) is 10.7. The molecule has 1 saturated carbocycles. The molecule has 3 aromatic heterocycles. The number of rotatable bonds is 6. The van der Waals surface area contributed by atoms with Gasteiger partial charge >= 0.3 is 6.18 Å². The normalized spacial score (nSPS) is 14.4. The zero-order chi connectivity index (χ0) is 23.4. The Labute approximate surface area is 184 Å². The summed E-state index contributed by atoms with van der Waals surface area (Å²) in [6.45, 7) is 8.30. The molecule has 172 valence electrons. The van der Waals surface area contributed by atoms with E-state index in [0.29, 0.717) is 12.2 Å². The monoisotopic (exact) mass is 448 g/mol. The highest BCUT2D eigenvalue weighted by Crippen LogP contribution is 2.43. The largest absolute Gasteiger partial charge is 0.417 e. The van der Waals surface area contributed by atoms with Crippen LogP contribution in [0.2, 0.25) is 0 Å². The predicted octanol–water partition coefficient (Wildman–Crippen LogP) is 4.13. The van der Waals surface area contributed by atoms with Crippen LogP contribution in [0.4, 0.5) is 13.2 Å². The number of aryl methyl sites for hydroxylation is 3. The summed E-state index contributed by atoms with van der Waals surface area (Å²) in [5, 5.41) is 8.70. The third-order valence-electron chi connectivity index (χ3n) is 6.14. The Morgan fingerprint density at radius 3 is 2.38 bits per heavy atom. The number of amides is 1. The highest BCUT2D eigenvalue weighted by Gasteiger charge is 2.37. The SMILES string of the molecule is CCn1nc(C)c(CN(C)C(=O)Cn2nc(C)c3c(C(F)(F)F)cc(C4CC4)nc32)c1C. The van der Waals surface area contributed by atoms with E-state index < -0.39 is 11.7 Å². The Morgan fingerprint density at radius 2 is 1.81 bits per heavy atom. The van der Waals surface area contributed by atoms with Crippen LogP contribution in [0.15, 0.2) is 6.07 Å². The molecule has 1 fully saturated rings. The van der Waals surface area contributed by atoms with Gasteiger partial charge in [0.2, 0.25) is 5.91 Å². The number of hydrogen-bond donors (Lipinski definition) is 0. The molecular weight excluding hydrogens is 421 g/mol. The summed E-state index contributed by atoms with van der Waals surface area (Å²) >= 11 is 0. The van der Waals surface area contributed by atoms with Crippen LogP contribution in [0.5, 0.6) is 0 Å². The van der Waals surface area contributed by atoms with E-state index in [4.69, 9.17) is 0 Å². The summed E-state index contributed by atoms with van der Waals surface area (Å²) in [7, 11) is 1.67. The number of pyridine rings is 1. The molecular formula is C22H27F3N6O. The van der Waals surface area contributed by atoms with Gasteiger partial charge in [0.15, 0.2) is 5.65 Å². The van der Waals surface area contributed by atoms with Gasteiger partial charge in [-0.25, -0.2) is 9.67 Å². The van der Waals surface area contributed by atoms with Crippen LogP contribution < -0.4 is 0 Å². The standard InChI is InChI=1S/C22H27F3N6O/c1-6-30-14(4)16(12(2)27-30)10-29(5)19(32)11-31-21-20(13(3)28-31)17(22(23,24)25)9-18(26-21)15-7-8-15/h9,15H,6-8,10-11H2,1-5H3. The van der Waals surface area contributed by atoms with Gasteiger partial charge in [0.05, 0.1) is 22.3 Å². The number of hydrogen-bond acceptors (Lipinski definition) is 4. The quantitative estimate of drug-likeness (QED) is 0.569. The molecule has 0 aromatic carbocycles. The Balaban J connectivity index is 1.65. The number of likely N-dealkylation sites (N-methyl/N-ethyl adjacent to an activating group) is 1. The van der Waals surface area contributed by atoms with Gasteiger partial charge in [-0.15, -0.1) is 0 Å². The predicted molar refractivity (Wildman–Crippen MR) is 113 cm³/mol. The Bertz CT molecular complexity index is 1190. The van der Waals surface area contributed by atoms with Crippen molar-refractivity contribution in [3.05, 3.63) is 40.0 Å². The van der Waals surface area contributed by atoms with Crippen molar-refractivity contribution in [3.63, 3.8) is 0 Å². The Kier molecular flexibility index (Phi) is 5.50. The van der Waals surface area contributed by atoms with Crippen LogP contribution in [0.25, 0.3) is 11.0 Å². The van der Waals surface area contributed by atoms with Gasteiger partial charge in [0, 0.05) is 43.0 Å². The van der Waals surface area contributed by atoms with E-state index in [9.17, 15) is 18.0 Å². The van der Waals surface area contributed by atoms with Crippen molar-refractivity contribution in [1.29, 1.82) is 0 Å². The van der Waals surface area contributed by atoms with Gasteiger partial charge < -0.3 is 4.90 Å². The summed E-state index contributed by atoms with van der Waals surface area (Å²) in [6.07, 6.45) is -2.86. The lowest BCUT2D eigenvalue weighted by Crippen LogP contribution is -2.30. The minimum Gasteiger partial charge on any atom is -0.340 e. The van der Waals surface area contributed by atoms with E-state index in [1.165, 1.54) is 11.6 Å². The van der Waals surface area contributed by atoms with Crippen LogP contribution in [0.3, 0.4) is 0 Å². The number of carbonyl (C=O) groups excluding carboxylic acids is 1. The van der Waals surface area contributed by atoms with Crippen molar-refractivity contribution in [2.24, 2.45) is 0 Å². The van der Waals surface area contributed by atoms with Gasteiger partial charge in [0.1, 0.15) is 6.54 Å². The van der Waals surface area contributed by atoms with Crippen LogP contribution in [-0.2, 0) is 30.6 Å². The highest BCUT2D eigenvalue weighted by molar-refractivity contribution is 5.85. The third-order valence-corrected chi connectivity index (χ3v) is 6.14. The van der Waals surface area contributed by atoms with Crippen LogP contribution in [-0.4, -0.2) is 42.4 Å². The van der Waals surface area contributed by atoms with Crippen molar-refractivity contribution in [2.75, 3.05) is 7.05 Å². The topological polar surface area (TPSA) is 68.8 Å². The Morgan fingerprint density at radius 1 is 1.16 bits per heavy atom. The molecule has 0 unspecified atom stereocenters. The summed E-state index contributed by atoms with van der Waals surface area (Å²) in [5.41, 5.74) is 2.85. The van der Waals surface area contributed by atoms with Gasteiger partial charge in [0.25, 0.3) is 0 Å². The minimum absolute atomic E-state index is 0.0340. The second-order valence-electron chi connectivity index (χ2n) is 8.52. The van der Waals surface area contributed by atoms with E-state index in [-0.39, 0.29) is 35.1 Å². The fourth-order valence-corrected chi connectivity index (χ4v) is 4.14. The van der Waals surface area contributed by atoms with E-state index in [1.807, 2.05) is 25.5 Å². The maximum atomic E-state index is 13.8. The lowest BCUT2D eigenvalue weighted by atomic mass is 10.1. The zero-order valence-corrected chi connectivity index (χ0v) is 18.9. The molecule has 0 radical (unpaired) electrons. The van der Waals surface area contributed by atoms with Crippen LogP contribution in [0.1, 0.15) is 59.6 Å². The number of halogens is 3. The van der Waals surface area contributed by atoms with Crippen molar-refractivity contribution in [1.82, 2.24) is 29.4 Å². The molecule has 0 spiro atoms. The number of aromatic nitrogens is 5. The van der Waals surface area contributed by atoms with Crippen molar-refractivity contribution in [2.45, 2.75) is 72.3 Å². The second kappa shape index (κ2) is 7.90. The lowest BCUT2D eigenvalue weighted by Gasteiger charge is -2.18. The number of carbonyl (C=O) groups is 1. The first-order valence-electron chi connectivity index (χ1n) is 10.7. The van der Waals surface area contributed by atoms with Crippen molar-refractivity contribution in [3.8, 4) is 0 Å². The van der Waals surface area contributed by atoms with Crippen LogP contribution >= 0.6 is 0 Å². The summed E-state index contributed by atoms with van der Waals surface area (Å²) in [4.78, 5) is 19.0. The van der Waals surface area contributed by atoms with Crippen molar-refractivity contribution >= 4 is 16.9 Å². The molecule has 1 aliphatic carbocycles. The molecule has 0 bridgehead atoms. The second-order valence-corrected chi connectivity index (χ2v) is 8.52. The molecule has 0 aliphatic heterocycles. The van der Waals surface area contributed by atoms with Crippen LogP contribution in [0, 0.1) is 20.8 Å². The van der Waals surface area contributed by atoms with E-state index >= 15 is 0 Å². The zero-order valence-electron chi connectivity index (χ0n) is 18.9. The molecule has 3 heterocycles. The molecule has 0 saturated heterocycles. The summed E-state index contributed by atoms with van der Waals surface area (Å²) in [5.74, 6) is -0.215. The molecule has 1 aliphatic rings. The van der Waals surface area contributed by atoms with Crippen molar-refractivity contribution < 1.29 is 18.0 Å². The molecule has 32 heavy (non-hydrogen) atoms. The average Bonchev–Trinajstić information content (AvgIpc) is 3.48.